The van der Waals surface area contributed by atoms with E-state index in [1.807, 2.05) is 0 Å². The van der Waals surface area contributed by atoms with Crippen molar-refractivity contribution in [3.8, 4) is 0 Å². The largest absolute Gasteiger partial charge is 0.343 e. The third-order valence-corrected chi connectivity index (χ3v) is 3.53. The minimum atomic E-state index is 0.376. The summed E-state index contributed by atoms with van der Waals surface area (Å²) in [6.45, 7) is 11.5. The van der Waals surface area contributed by atoms with Crippen molar-refractivity contribution in [1.29, 1.82) is 0 Å². The molecular formula is C13H21N. The molecule has 1 saturated carbocycles. The summed E-state index contributed by atoms with van der Waals surface area (Å²) in [5.74, 6) is 0. The van der Waals surface area contributed by atoms with E-state index in [1.54, 1.807) is 0 Å². The van der Waals surface area contributed by atoms with Gasteiger partial charge in [-0.3, -0.25) is 0 Å². The lowest BCUT2D eigenvalue weighted by atomic mass is 9.60. The molecule has 0 bridgehead atoms. The molecule has 14 heavy (non-hydrogen) atoms. The van der Waals surface area contributed by atoms with Gasteiger partial charge in [-0.15, -0.1) is 0 Å². The molecule has 1 aliphatic carbocycles. The smallest absolute Gasteiger partial charge is 0.0427 e. The second-order valence-corrected chi connectivity index (χ2v) is 5.97. The van der Waals surface area contributed by atoms with Gasteiger partial charge in [0.2, 0.25) is 0 Å². The highest BCUT2D eigenvalue weighted by molar-refractivity contribution is 5.19. The molecule has 0 atom stereocenters. The quantitative estimate of drug-likeness (QED) is 0.638. The summed E-state index contributed by atoms with van der Waals surface area (Å²) in [5.41, 5.74) is 3.72. The fraction of sp³-hybridized carbons (Fsp3) is 0.692. The van der Waals surface area contributed by atoms with Gasteiger partial charge in [-0.2, -0.15) is 0 Å². The molecule has 1 aromatic heterocycles. The topological polar surface area (TPSA) is 4.93 Å². The van der Waals surface area contributed by atoms with Crippen LogP contribution in [0.2, 0.25) is 0 Å². The van der Waals surface area contributed by atoms with Crippen LogP contribution in [0.4, 0.5) is 0 Å². The maximum atomic E-state index is 2.51. The monoisotopic (exact) mass is 191 g/mol. The summed E-state index contributed by atoms with van der Waals surface area (Å²) < 4.78 is 2.51. The maximum Gasteiger partial charge on any atom is 0.0427 e. The van der Waals surface area contributed by atoms with Crippen molar-refractivity contribution < 1.29 is 0 Å². The van der Waals surface area contributed by atoms with E-state index in [2.05, 4.69) is 51.3 Å². The SMILES string of the molecule is Cc1ccc(C)n1C1(C)CC(C)(C)C1. The van der Waals surface area contributed by atoms with Crippen molar-refractivity contribution in [2.24, 2.45) is 5.41 Å². The van der Waals surface area contributed by atoms with E-state index < -0.39 is 0 Å². The van der Waals surface area contributed by atoms with Gasteiger partial charge >= 0.3 is 0 Å². The Morgan fingerprint density at radius 3 is 1.79 bits per heavy atom. The number of hydrogen-bond acceptors (Lipinski definition) is 0. The summed E-state index contributed by atoms with van der Waals surface area (Å²) in [5, 5.41) is 0. The molecule has 1 nitrogen and oxygen atoms in total. The molecule has 0 N–H and O–H groups in total. The van der Waals surface area contributed by atoms with Gasteiger partial charge in [0.05, 0.1) is 0 Å². The van der Waals surface area contributed by atoms with Gasteiger partial charge in [-0.1, -0.05) is 13.8 Å². The number of rotatable bonds is 1. The molecule has 0 aliphatic heterocycles. The molecule has 0 unspecified atom stereocenters. The third-order valence-electron chi connectivity index (χ3n) is 3.53. The highest BCUT2D eigenvalue weighted by atomic mass is 15.1. The lowest BCUT2D eigenvalue weighted by Gasteiger charge is -2.53. The van der Waals surface area contributed by atoms with Crippen molar-refractivity contribution in [3.63, 3.8) is 0 Å². The van der Waals surface area contributed by atoms with Crippen LogP contribution in [-0.4, -0.2) is 4.57 Å². The van der Waals surface area contributed by atoms with Gasteiger partial charge in [-0.05, 0) is 51.2 Å². The normalized spacial score (nSPS) is 23.2. The van der Waals surface area contributed by atoms with Crippen LogP contribution in [0.1, 0.15) is 45.0 Å². The fourth-order valence-corrected chi connectivity index (χ4v) is 3.69. The minimum Gasteiger partial charge on any atom is -0.343 e. The van der Waals surface area contributed by atoms with E-state index >= 15 is 0 Å². The van der Waals surface area contributed by atoms with Gasteiger partial charge in [0.1, 0.15) is 0 Å². The predicted molar refractivity (Wildman–Crippen MR) is 60.6 cm³/mol. The Bertz CT molecular complexity index is 330. The van der Waals surface area contributed by atoms with Crippen LogP contribution < -0.4 is 0 Å². The Hall–Kier alpha value is -0.720. The number of hydrogen-bond donors (Lipinski definition) is 0. The van der Waals surface area contributed by atoms with Gasteiger partial charge in [0.15, 0.2) is 0 Å². The van der Waals surface area contributed by atoms with E-state index in [-0.39, 0.29) is 0 Å². The predicted octanol–water partition coefficient (Wildman–Crippen LogP) is 3.64. The first-order valence-corrected chi connectivity index (χ1v) is 5.50. The van der Waals surface area contributed by atoms with Crippen molar-refractivity contribution in [2.45, 2.75) is 53.0 Å². The minimum absolute atomic E-state index is 0.376. The molecule has 0 spiro atoms. The van der Waals surface area contributed by atoms with Crippen molar-refractivity contribution in [1.82, 2.24) is 4.57 Å². The van der Waals surface area contributed by atoms with Crippen LogP contribution in [0, 0.1) is 19.3 Å². The zero-order valence-electron chi connectivity index (χ0n) is 10.0. The first-order chi connectivity index (χ1) is 6.34. The molecule has 2 rings (SSSR count). The van der Waals surface area contributed by atoms with E-state index in [1.165, 1.54) is 24.2 Å². The highest BCUT2D eigenvalue weighted by Gasteiger charge is 2.47. The Morgan fingerprint density at radius 1 is 1.00 bits per heavy atom. The van der Waals surface area contributed by atoms with Crippen LogP contribution in [0.25, 0.3) is 0 Å². The second kappa shape index (κ2) is 2.65. The average molecular weight is 191 g/mol. The molecule has 1 aromatic rings. The average Bonchev–Trinajstić information content (AvgIpc) is 2.26. The van der Waals surface area contributed by atoms with Crippen LogP contribution in [0.5, 0.6) is 0 Å². The molecular weight excluding hydrogens is 170 g/mol. The summed E-state index contributed by atoms with van der Waals surface area (Å²) >= 11 is 0. The Morgan fingerprint density at radius 2 is 1.43 bits per heavy atom. The summed E-state index contributed by atoms with van der Waals surface area (Å²) in [7, 11) is 0. The molecule has 1 heterocycles. The van der Waals surface area contributed by atoms with E-state index in [0.29, 0.717) is 11.0 Å². The Balaban J connectivity index is 2.33. The molecule has 0 saturated heterocycles. The summed E-state index contributed by atoms with van der Waals surface area (Å²) in [6.07, 6.45) is 2.60. The zero-order valence-corrected chi connectivity index (χ0v) is 10.0. The molecule has 1 fully saturated rings. The Labute approximate surface area is 87.1 Å². The summed E-state index contributed by atoms with van der Waals surface area (Å²) in [6, 6.07) is 4.46. The molecule has 78 valence electrons. The van der Waals surface area contributed by atoms with E-state index in [0.717, 1.165) is 0 Å². The second-order valence-electron chi connectivity index (χ2n) is 5.97. The van der Waals surface area contributed by atoms with Crippen molar-refractivity contribution in [3.05, 3.63) is 23.5 Å². The first-order valence-electron chi connectivity index (χ1n) is 5.50. The first kappa shape index (κ1) is 9.82. The number of aryl methyl sites for hydroxylation is 2. The summed E-state index contributed by atoms with van der Waals surface area (Å²) in [4.78, 5) is 0. The van der Waals surface area contributed by atoms with Crippen LogP contribution in [-0.2, 0) is 5.54 Å². The van der Waals surface area contributed by atoms with E-state index in [9.17, 15) is 0 Å². The highest BCUT2D eigenvalue weighted by Crippen LogP contribution is 2.53. The van der Waals surface area contributed by atoms with Crippen LogP contribution >= 0.6 is 0 Å². The molecule has 0 radical (unpaired) electrons. The fourth-order valence-electron chi connectivity index (χ4n) is 3.69. The van der Waals surface area contributed by atoms with Crippen LogP contribution in [0.3, 0.4) is 0 Å². The van der Waals surface area contributed by atoms with Gasteiger partial charge in [0.25, 0.3) is 0 Å². The number of aromatic nitrogens is 1. The van der Waals surface area contributed by atoms with Gasteiger partial charge in [-0.25, -0.2) is 0 Å². The standard InChI is InChI=1S/C13H21N/c1-10-6-7-11(2)14(10)13(5)8-12(3,4)9-13/h6-7H,8-9H2,1-5H3. The van der Waals surface area contributed by atoms with Gasteiger partial charge in [0, 0.05) is 16.9 Å². The van der Waals surface area contributed by atoms with Crippen LogP contribution in [0.15, 0.2) is 12.1 Å². The zero-order chi connectivity index (χ0) is 10.6. The van der Waals surface area contributed by atoms with E-state index in [4.69, 9.17) is 0 Å². The molecule has 1 heteroatoms. The third kappa shape index (κ3) is 1.30. The van der Waals surface area contributed by atoms with Gasteiger partial charge < -0.3 is 4.57 Å². The maximum absolute atomic E-state index is 2.51. The lowest BCUT2D eigenvalue weighted by Crippen LogP contribution is -2.49. The molecule has 1 aliphatic rings. The molecule has 0 amide bonds. The number of nitrogens with zero attached hydrogens (tertiary/aromatic N) is 1. The molecule has 0 aromatic carbocycles. The Kier molecular flexibility index (Phi) is 1.86. The van der Waals surface area contributed by atoms with Crippen molar-refractivity contribution >= 4 is 0 Å². The van der Waals surface area contributed by atoms with Crippen molar-refractivity contribution in [2.75, 3.05) is 0 Å². The lowest BCUT2D eigenvalue weighted by molar-refractivity contribution is 0.0120.